The second-order valence-corrected chi connectivity index (χ2v) is 9.93. The normalized spacial score (nSPS) is 10.9. The van der Waals surface area contributed by atoms with Crippen LogP contribution in [-0.4, -0.2) is 45.6 Å². The Labute approximate surface area is 201 Å². The Bertz CT molecular complexity index is 1300. The van der Waals surface area contributed by atoms with Gasteiger partial charge in [0.2, 0.25) is 15.9 Å². The zero-order chi connectivity index (χ0) is 24.7. The van der Waals surface area contributed by atoms with Gasteiger partial charge in [-0.2, -0.15) is 0 Å². The van der Waals surface area contributed by atoms with Crippen LogP contribution in [0.2, 0.25) is 0 Å². The average molecular weight is 502 g/mol. The molecule has 2 amide bonds. The molecule has 0 bridgehead atoms. The number of carbonyl (C=O) groups excluding carboxylic acids is 3. The number of sulfonamides is 1. The number of nitrogens with one attached hydrogen (secondary N) is 3. The molecule has 0 saturated heterocycles. The minimum absolute atomic E-state index is 0.177. The number of benzene rings is 2. The summed E-state index contributed by atoms with van der Waals surface area (Å²) in [5.74, 6) is -1.66. The second kappa shape index (κ2) is 10.9. The van der Waals surface area contributed by atoms with E-state index in [-0.39, 0.29) is 30.0 Å². The SMILES string of the molecule is CCOC(=O)c1cc(-c2ccccc2)sc1NC(=O)CNC(=O)c1cccc(NS(C)(=O)=O)c1. The molecule has 3 rings (SSSR count). The first-order valence-electron chi connectivity index (χ1n) is 10.2. The summed E-state index contributed by atoms with van der Waals surface area (Å²) >= 11 is 1.22. The number of carbonyl (C=O) groups is 3. The van der Waals surface area contributed by atoms with E-state index >= 15 is 0 Å². The molecule has 9 nitrogen and oxygen atoms in total. The summed E-state index contributed by atoms with van der Waals surface area (Å²) in [5.41, 5.74) is 1.52. The molecule has 1 heterocycles. The molecule has 0 unspecified atom stereocenters. The van der Waals surface area contributed by atoms with E-state index in [2.05, 4.69) is 15.4 Å². The van der Waals surface area contributed by atoms with Crippen LogP contribution in [-0.2, 0) is 19.6 Å². The number of anilines is 2. The third-order valence-electron chi connectivity index (χ3n) is 4.38. The molecule has 3 aromatic rings. The summed E-state index contributed by atoms with van der Waals surface area (Å²) in [7, 11) is -3.50. The Morgan fingerprint density at radius 1 is 1.00 bits per heavy atom. The molecule has 3 N–H and O–H groups in total. The maximum absolute atomic E-state index is 12.5. The number of thiophene rings is 1. The number of amides is 2. The van der Waals surface area contributed by atoms with Crippen molar-refractivity contribution >= 4 is 49.8 Å². The summed E-state index contributed by atoms with van der Waals surface area (Å²) in [4.78, 5) is 38.1. The Morgan fingerprint density at radius 3 is 2.41 bits per heavy atom. The van der Waals surface area contributed by atoms with E-state index in [9.17, 15) is 22.8 Å². The molecular formula is C23H23N3O6S2. The molecule has 0 fully saturated rings. The Kier molecular flexibility index (Phi) is 8.03. The molecular weight excluding hydrogens is 478 g/mol. The highest BCUT2D eigenvalue weighted by Crippen LogP contribution is 2.35. The van der Waals surface area contributed by atoms with Gasteiger partial charge >= 0.3 is 5.97 Å². The minimum atomic E-state index is -3.50. The average Bonchev–Trinajstić information content (AvgIpc) is 3.21. The molecule has 0 spiro atoms. The lowest BCUT2D eigenvalue weighted by Gasteiger charge is -2.09. The third-order valence-corrected chi connectivity index (χ3v) is 6.08. The Balaban J connectivity index is 1.69. The number of esters is 1. The molecule has 0 aliphatic carbocycles. The monoisotopic (exact) mass is 501 g/mol. The lowest BCUT2D eigenvalue weighted by molar-refractivity contribution is -0.115. The molecule has 0 saturated carbocycles. The highest BCUT2D eigenvalue weighted by molar-refractivity contribution is 7.92. The summed E-state index contributed by atoms with van der Waals surface area (Å²) in [6, 6.07) is 16.9. The van der Waals surface area contributed by atoms with E-state index < -0.39 is 27.8 Å². The van der Waals surface area contributed by atoms with Crippen molar-refractivity contribution in [1.29, 1.82) is 0 Å². The van der Waals surface area contributed by atoms with Crippen LogP contribution < -0.4 is 15.4 Å². The van der Waals surface area contributed by atoms with Crippen LogP contribution in [0.3, 0.4) is 0 Å². The van der Waals surface area contributed by atoms with E-state index in [0.717, 1.165) is 16.7 Å². The fourth-order valence-electron chi connectivity index (χ4n) is 2.96. The Hall–Kier alpha value is -3.70. The standard InChI is InChI=1S/C23H23N3O6S2/c1-3-32-23(29)18-13-19(15-8-5-4-6-9-15)33-22(18)25-20(27)14-24-21(28)16-10-7-11-17(12-16)26-34(2,30)31/h4-13,26H,3,14H2,1-2H3,(H,24,28)(H,25,27). The van der Waals surface area contributed by atoms with E-state index in [1.54, 1.807) is 13.0 Å². The fraction of sp³-hybridized carbons (Fsp3) is 0.174. The predicted octanol–water partition coefficient (Wildman–Crippen LogP) is 3.33. The highest BCUT2D eigenvalue weighted by Gasteiger charge is 2.20. The first-order chi connectivity index (χ1) is 16.2. The van der Waals surface area contributed by atoms with Crippen LogP contribution in [0.25, 0.3) is 10.4 Å². The van der Waals surface area contributed by atoms with Gasteiger partial charge in [-0.3, -0.25) is 14.3 Å². The molecule has 0 aliphatic heterocycles. The van der Waals surface area contributed by atoms with E-state index in [1.165, 1.54) is 35.6 Å². The topological polar surface area (TPSA) is 131 Å². The van der Waals surface area contributed by atoms with Gasteiger partial charge in [0.05, 0.1) is 25.0 Å². The van der Waals surface area contributed by atoms with Crippen molar-refractivity contribution in [3.63, 3.8) is 0 Å². The van der Waals surface area contributed by atoms with Gasteiger partial charge in [-0.1, -0.05) is 36.4 Å². The highest BCUT2D eigenvalue weighted by atomic mass is 32.2. The van der Waals surface area contributed by atoms with Gasteiger partial charge in [0.1, 0.15) is 5.00 Å². The van der Waals surface area contributed by atoms with Gasteiger partial charge < -0.3 is 15.4 Å². The largest absolute Gasteiger partial charge is 0.462 e. The second-order valence-electron chi connectivity index (χ2n) is 7.13. The van der Waals surface area contributed by atoms with Crippen LogP contribution >= 0.6 is 11.3 Å². The van der Waals surface area contributed by atoms with Gasteiger partial charge in [-0.05, 0) is 36.8 Å². The van der Waals surface area contributed by atoms with Gasteiger partial charge in [0, 0.05) is 16.1 Å². The molecule has 0 aliphatic rings. The van der Waals surface area contributed by atoms with Gasteiger partial charge in [-0.15, -0.1) is 11.3 Å². The maximum atomic E-state index is 12.5. The van der Waals surface area contributed by atoms with Gasteiger partial charge in [-0.25, -0.2) is 13.2 Å². The predicted molar refractivity (Wildman–Crippen MR) is 132 cm³/mol. The lowest BCUT2D eigenvalue weighted by Crippen LogP contribution is -2.33. The van der Waals surface area contributed by atoms with Gasteiger partial charge in [0.25, 0.3) is 5.91 Å². The maximum Gasteiger partial charge on any atom is 0.341 e. The molecule has 2 aromatic carbocycles. The fourth-order valence-corrected chi connectivity index (χ4v) is 4.58. The van der Waals surface area contributed by atoms with Crippen molar-refractivity contribution < 1.29 is 27.5 Å². The molecule has 0 atom stereocenters. The third kappa shape index (κ3) is 6.90. The van der Waals surface area contributed by atoms with Crippen molar-refractivity contribution in [2.45, 2.75) is 6.92 Å². The minimum Gasteiger partial charge on any atom is -0.462 e. The van der Waals surface area contributed by atoms with Crippen molar-refractivity contribution in [2.75, 3.05) is 29.4 Å². The molecule has 178 valence electrons. The number of ether oxygens (including phenoxy) is 1. The molecule has 1 aromatic heterocycles. The first-order valence-corrected chi connectivity index (χ1v) is 12.9. The van der Waals surface area contributed by atoms with Crippen LogP contribution in [0.15, 0.2) is 60.7 Å². The summed E-state index contributed by atoms with van der Waals surface area (Å²) < 4.78 is 30.2. The first kappa shape index (κ1) is 24.9. The van der Waals surface area contributed by atoms with Crippen molar-refractivity contribution in [1.82, 2.24) is 5.32 Å². The van der Waals surface area contributed by atoms with Crippen molar-refractivity contribution in [3.8, 4) is 10.4 Å². The van der Waals surface area contributed by atoms with E-state index in [0.29, 0.717) is 5.00 Å². The van der Waals surface area contributed by atoms with Crippen LogP contribution in [0.4, 0.5) is 10.7 Å². The van der Waals surface area contributed by atoms with Crippen molar-refractivity contribution in [2.24, 2.45) is 0 Å². The van der Waals surface area contributed by atoms with Crippen LogP contribution in [0, 0.1) is 0 Å². The smallest absolute Gasteiger partial charge is 0.341 e. The molecule has 34 heavy (non-hydrogen) atoms. The van der Waals surface area contributed by atoms with E-state index in [1.807, 2.05) is 30.3 Å². The Morgan fingerprint density at radius 2 is 1.74 bits per heavy atom. The van der Waals surface area contributed by atoms with Crippen LogP contribution in [0.1, 0.15) is 27.6 Å². The summed E-state index contributed by atoms with van der Waals surface area (Å²) in [6.45, 7) is 1.52. The van der Waals surface area contributed by atoms with Crippen molar-refractivity contribution in [3.05, 3.63) is 71.8 Å². The lowest BCUT2D eigenvalue weighted by atomic mass is 10.1. The van der Waals surface area contributed by atoms with E-state index in [4.69, 9.17) is 4.74 Å². The number of hydrogen-bond donors (Lipinski definition) is 3. The zero-order valence-corrected chi connectivity index (χ0v) is 20.1. The molecule has 0 radical (unpaired) electrons. The number of rotatable bonds is 9. The quantitative estimate of drug-likeness (QED) is 0.386. The summed E-state index contributed by atoms with van der Waals surface area (Å²) in [5, 5.41) is 5.46. The summed E-state index contributed by atoms with van der Waals surface area (Å²) in [6.07, 6.45) is 1.00. The zero-order valence-electron chi connectivity index (χ0n) is 18.5. The molecule has 11 heteroatoms. The van der Waals surface area contributed by atoms with Gasteiger partial charge in [0.15, 0.2) is 0 Å². The van der Waals surface area contributed by atoms with Crippen LogP contribution in [0.5, 0.6) is 0 Å². The number of hydrogen-bond acceptors (Lipinski definition) is 7.